The molecule has 0 amide bonds. The summed E-state index contributed by atoms with van der Waals surface area (Å²) in [5.74, 6) is -1.36. The van der Waals surface area contributed by atoms with Crippen LogP contribution in [-0.2, 0) is 13.6 Å². The molecule has 0 spiro atoms. The monoisotopic (exact) mass is 334 g/mol. The molecule has 0 aliphatic heterocycles. The van der Waals surface area contributed by atoms with Gasteiger partial charge < -0.3 is 10.1 Å². The van der Waals surface area contributed by atoms with Gasteiger partial charge in [-0.2, -0.15) is 0 Å². The summed E-state index contributed by atoms with van der Waals surface area (Å²) in [7, 11) is 1.72. The summed E-state index contributed by atoms with van der Waals surface area (Å²) in [6.07, 6.45) is 1.51. The number of halogens is 3. The van der Waals surface area contributed by atoms with Crippen LogP contribution >= 0.6 is 0 Å². The molecule has 3 rings (SSSR count). The Morgan fingerprint density at radius 2 is 1.79 bits per heavy atom. The van der Waals surface area contributed by atoms with Gasteiger partial charge in [-0.3, -0.25) is 4.68 Å². The fourth-order valence-electron chi connectivity index (χ4n) is 2.09. The molecular weight excluding hydrogens is 321 g/mol. The van der Waals surface area contributed by atoms with Crippen LogP contribution in [0.4, 0.5) is 19.1 Å². The second kappa shape index (κ2) is 6.61. The van der Waals surface area contributed by atoms with Crippen molar-refractivity contribution >= 4 is 5.95 Å². The van der Waals surface area contributed by atoms with E-state index >= 15 is 0 Å². The van der Waals surface area contributed by atoms with Crippen molar-refractivity contribution in [1.29, 1.82) is 0 Å². The highest BCUT2D eigenvalue weighted by atomic mass is 19.1. The van der Waals surface area contributed by atoms with E-state index in [0.717, 1.165) is 18.2 Å². The van der Waals surface area contributed by atoms with Gasteiger partial charge in [-0.15, -0.1) is 5.10 Å². The third-order valence-electron chi connectivity index (χ3n) is 3.12. The molecular formula is C16H13F3N4O. The van der Waals surface area contributed by atoms with Gasteiger partial charge in [-0.25, -0.2) is 18.2 Å². The van der Waals surface area contributed by atoms with Crippen molar-refractivity contribution in [1.82, 2.24) is 14.8 Å². The molecule has 0 radical (unpaired) electrons. The van der Waals surface area contributed by atoms with Crippen LogP contribution in [0.25, 0.3) is 0 Å². The number of aryl methyl sites for hydroxylation is 1. The smallest absolute Gasteiger partial charge is 0.242 e. The molecule has 0 aliphatic carbocycles. The minimum absolute atomic E-state index is 0.0173. The maximum atomic E-state index is 13.5. The maximum Gasteiger partial charge on any atom is 0.242 e. The summed E-state index contributed by atoms with van der Waals surface area (Å²) in [5, 5.41) is 6.97. The first kappa shape index (κ1) is 15.9. The van der Waals surface area contributed by atoms with E-state index in [1.165, 1.54) is 29.2 Å². The van der Waals surface area contributed by atoms with Crippen molar-refractivity contribution in [3.8, 4) is 11.5 Å². The van der Waals surface area contributed by atoms with E-state index in [9.17, 15) is 13.2 Å². The summed E-state index contributed by atoms with van der Waals surface area (Å²) in [6, 6.07) is 6.69. The number of benzene rings is 2. The van der Waals surface area contributed by atoms with Crippen LogP contribution in [0.15, 0.2) is 42.7 Å². The number of anilines is 1. The normalized spacial score (nSPS) is 10.7. The van der Waals surface area contributed by atoms with Crippen molar-refractivity contribution in [3.63, 3.8) is 0 Å². The molecule has 0 aliphatic rings. The second-order valence-corrected chi connectivity index (χ2v) is 5.05. The zero-order chi connectivity index (χ0) is 17.1. The van der Waals surface area contributed by atoms with E-state index in [4.69, 9.17) is 4.74 Å². The van der Waals surface area contributed by atoms with Crippen LogP contribution in [0.2, 0.25) is 0 Å². The fourth-order valence-corrected chi connectivity index (χ4v) is 2.09. The summed E-state index contributed by atoms with van der Waals surface area (Å²) in [4.78, 5) is 4.00. The highest BCUT2D eigenvalue weighted by Crippen LogP contribution is 2.27. The Balaban J connectivity index is 1.82. The highest BCUT2D eigenvalue weighted by Gasteiger charge is 2.10. The number of aromatic nitrogens is 3. The first-order valence-corrected chi connectivity index (χ1v) is 7.01. The average molecular weight is 334 g/mol. The molecule has 0 unspecified atom stereocenters. The molecule has 24 heavy (non-hydrogen) atoms. The third kappa shape index (κ3) is 3.83. The van der Waals surface area contributed by atoms with Gasteiger partial charge in [-0.1, -0.05) is 0 Å². The Kier molecular flexibility index (Phi) is 4.37. The van der Waals surface area contributed by atoms with E-state index in [1.807, 2.05) is 0 Å². The van der Waals surface area contributed by atoms with Crippen molar-refractivity contribution in [2.45, 2.75) is 6.54 Å². The topological polar surface area (TPSA) is 52.0 Å². The standard InChI is InChI=1S/C16H13F3N4O/c1-23-9-21-16(22-23)20-8-10-4-11(17)2-3-15(10)24-14-6-12(18)5-13(19)7-14/h2-7,9H,8H2,1H3,(H,20,22). The largest absolute Gasteiger partial charge is 0.457 e. The SMILES string of the molecule is Cn1cnc(NCc2cc(F)ccc2Oc2cc(F)cc(F)c2)n1. The molecule has 5 nitrogen and oxygen atoms in total. The lowest BCUT2D eigenvalue weighted by molar-refractivity contribution is 0.461. The van der Waals surface area contributed by atoms with Crippen LogP contribution in [0.3, 0.4) is 0 Å². The first-order chi connectivity index (χ1) is 11.5. The number of ether oxygens (including phenoxy) is 1. The van der Waals surface area contributed by atoms with Crippen LogP contribution in [0.5, 0.6) is 11.5 Å². The fraction of sp³-hybridized carbons (Fsp3) is 0.125. The van der Waals surface area contributed by atoms with Crippen molar-refractivity contribution in [2.24, 2.45) is 7.05 Å². The molecule has 0 saturated heterocycles. The predicted molar refractivity (Wildman–Crippen MR) is 81.2 cm³/mol. The van der Waals surface area contributed by atoms with Gasteiger partial charge in [0.25, 0.3) is 0 Å². The number of hydrogen-bond donors (Lipinski definition) is 1. The van der Waals surface area contributed by atoms with E-state index in [-0.39, 0.29) is 18.0 Å². The molecule has 2 aromatic carbocycles. The van der Waals surface area contributed by atoms with Crippen LogP contribution in [0.1, 0.15) is 5.56 Å². The van der Waals surface area contributed by atoms with Crippen molar-refractivity contribution in [3.05, 3.63) is 65.7 Å². The maximum absolute atomic E-state index is 13.5. The average Bonchev–Trinajstić information content (AvgIpc) is 2.92. The Bertz CT molecular complexity index is 846. The van der Waals surface area contributed by atoms with Crippen LogP contribution in [0, 0.1) is 17.5 Å². The van der Waals surface area contributed by atoms with Gasteiger partial charge in [0.2, 0.25) is 5.95 Å². The molecule has 1 N–H and O–H groups in total. The van der Waals surface area contributed by atoms with Gasteiger partial charge in [0.05, 0.1) is 0 Å². The number of nitrogens with one attached hydrogen (secondary N) is 1. The Hall–Kier alpha value is -3.03. The number of rotatable bonds is 5. The van der Waals surface area contributed by atoms with Gasteiger partial charge in [0, 0.05) is 37.4 Å². The Morgan fingerprint density at radius 3 is 2.46 bits per heavy atom. The molecule has 8 heteroatoms. The number of nitrogens with zero attached hydrogens (tertiary/aromatic N) is 3. The molecule has 124 valence electrons. The molecule has 0 fully saturated rings. The molecule has 1 heterocycles. The molecule has 0 bridgehead atoms. The minimum Gasteiger partial charge on any atom is -0.457 e. The van der Waals surface area contributed by atoms with Gasteiger partial charge in [0.15, 0.2) is 0 Å². The molecule has 3 aromatic rings. The van der Waals surface area contributed by atoms with E-state index in [0.29, 0.717) is 11.5 Å². The summed E-state index contributed by atoms with van der Waals surface area (Å²) in [6.45, 7) is 0.176. The summed E-state index contributed by atoms with van der Waals surface area (Å²) in [5.41, 5.74) is 0.451. The van der Waals surface area contributed by atoms with Gasteiger partial charge in [-0.05, 0) is 18.2 Å². The van der Waals surface area contributed by atoms with Crippen molar-refractivity contribution < 1.29 is 17.9 Å². The van der Waals surface area contributed by atoms with Crippen LogP contribution in [-0.4, -0.2) is 14.8 Å². The first-order valence-electron chi connectivity index (χ1n) is 7.01. The van der Waals surface area contributed by atoms with Gasteiger partial charge in [0.1, 0.15) is 35.3 Å². The Morgan fingerprint density at radius 1 is 1.04 bits per heavy atom. The van der Waals surface area contributed by atoms with E-state index in [1.54, 1.807) is 7.05 Å². The third-order valence-corrected chi connectivity index (χ3v) is 3.12. The summed E-state index contributed by atoms with van der Waals surface area (Å²) >= 11 is 0. The Labute approximate surface area is 135 Å². The summed E-state index contributed by atoms with van der Waals surface area (Å²) < 4.78 is 47.0. The lowest BCUT2D eigenvalue weighted by Gasteiger charge is -2.12. The van der Waals surface area contributed by atoms with E-state index < -0.39 is 17.5 Å². The lowest BCUT2D eigenvalue weighted by Crippen LogP contribution is -2.04. The lowest BCUT2D eigenvalue weighted by atomic mass is 10.2. The van der Waals surface area contributed by atoms with Gasteiger partial charge >= 0.3 is 0 Å². The number of hydrogen-bond acceptors (Lipinski definition) is 4. The molecule has 1 aromatic heterocycles. The van der Waals surface area contributed by atoms with Crippen molar-refractivity contribution in [2.75, 3.05) is 5.32 Å². The molecule has 0 atom stereocenters. The minimum atomic E-state index is -0.760. The van der Waals surface area contributed by atoms with Crippen LogP contribution < -0.4 is 10.1 Å². The molecule has 0 saturated carbocycles. The second-order valence-electron chi connectivity index (χ2n) is 5.05. The quantitative estimate of drug-likeness (QED) is 0.774. The highest BCUT2D eigenvalue weighted by molar-refractivity contribution is 5.40. The zero-order valence-corrected chi connectivity index (χ0v) is 12.6. The predicted octanol–water partition coefficient (Wildman–Crippen LogP) is 3.64. The van der Waals surface area contributed by atoms with E-state index in [2.05, 4.69) is 15.4 Å². The zero-order valence-electron chi connectivity index (χ0n) is 12.6.